The average Bonchev–Trinajstić information content (AvgIpc) is 3.90. The predicted molar refractivity (Wildman–Crippen MR) is 187 cm³/mol. The van der Waals surface area contributed by atoms with Crippen LogP contribution in [0.4, 0.5) is 8.78 Å². The number of thioether (sulfide) groups is 1. The molecule has 4 aromatic rings. The minimum Gasteiger partial charge on any atom is -0.493 e. The van der Waals surface area contributed by atoms with Crippen LogP contribution in [0.25, 0.3) is 10.9 Å². The zero-order valence-corrected chi connectivity index (χ0v) is 28.7. The van der Waals surface area contributed by atoms with Crippen molar-refractivity contribution in [1.29, 1.82) is 0 Å². The molecule has 1 aliphatic rings. The molecule has 7 nitrogen and oxygen atoms in total. The summed E-state index contributed by atoms with van der Waals surface area (Å²) in [7, 11) is 1.55. The van der Waals surface area contributed by atoms with Gasteiger partial charge >= 0.3 is 0 Å². The number of methoxy groups -OCH3 is 1. The van der Waals surface area contributed by atoms with Crippen molar-refractivity contribution in [2.45, 2.75) is 71.1 Å². The summed E-state index contributed by atoms with van der Waals surface area (Å²) < 4.78 is 46.2. The van der Waals surface area contributed by atoms with Gasteiger partial charge in [0.2, 0.25) is 0 Å². The Morgan fingerprint density at radius 3 is 2.12 bits per heavy atom. The first-order valence-electron chi connectivity index (χ1n) is 16.7. The molecule has 10 heteroatoms. The fourth-order valence-electron chi connectivity index (χ4n) is 5.80. The minimum absolute atomic E-state index is 0.0193. The summed E-state index contributed by atoms with van der Waals surface area (Å²) >= 11 is 1.39. The number of fused-ring (bicyclic) bond motifs is 1. The number of pyridine rings is 1. The molecular weight excluding hydrogens is 648 g/mol. The van der Waals surface area contributed by atoms with Crippen molar-refractivity contribution in [3.63, 3.8) is 0 Å². The van der Waals surface area contributed by atoms with E-state index in [4.69, 9.17) is 14.2 Å². The van der Waals surface area contributed by atoms with Crippen molar-refractivity contribution in [2.24, 2.45) is 5.41 Å². The molecule has 0 saturated heterocycles. The molecule has 0 unspecified atom stereocenters. The minimum atomic E-state index is -1.06. The van der Waals surface area contributed by atoms with Crippen molar-refractivity contribution >= 4 is 39.3 Å². The SMILES string of the molecule is COc1cc2c(Oc3ccc(CC(=O)C4(C(=O)Cc5ccc(F)cc5)CC4)cc3F)ccnc2cc1OCCCCCCCCSC(C)=O. The molecular formula is C39H41F2NO6S. The summed E-state index contributed by atoms with van der Waals surface area (Å²) in [5, 5.41) is 0.786. The van der Waals surface area contributed by atoms with E-state index < -0.39 is 11.2 Å². The highest BCUT2D eigenvalue weighted by molar-refractivity contribution is 8.13. The number of unbranched alkanes of at least 4 members (excludes halogenated alkanes) is 5. The van der Waals surface area contributed by atoms with Crippen LogP contribution in [0.3, 0.4) is 0 Å². The van der Waals surface area contributed by atoms with Gasteiger partial charge in [-0.05, 0) is 73.2 Å². The Labute approximate surface area is 289 Å². The maximum atomic E-state index is 15.3. The molecule has 1 heterocycles. The van der Waals surface area contributed by atoms with Gasteiger partial charge in [0, 0.05) is 43.2 Å². The van der Waals surface area contributed by atoms with Gasteiger partial charge in [-0.25, -0.2) is 8.78 Å². The van der Waals surface area contributed by atoms with E-state index >= 15 is 4.39 Å². The quantitative estimate of drug-likeness (QED) is 0.0712. The summed E-state index contributed by atoms with van der Waals surface area (Å²) in [4.78, 5) is 41.7. The number of hydrogen-bond donors (Lipinski definition) is 0. The standard InChI is InChI=1S/C39H41F2NO6S/c1-26(43)49-20-8-6-4-3-5-7-19-47-36-25-32-30(24-35(36)46-2)33(15-18-42-32)48-34-14-11-28(21-31(34)41)23-38(45)39(16-17-39)37(44)22-27-9-12-29(40)13-10-27/h9-15,18,21,24-25H,3-8,16-17,19-20,22-23H2,1-2H3. The van der Waals surface area contributed by atoms with Gasteiger partial charge in [-0.2, -0.15) is 0 Å². The summed E-state index contributed by atoms with van der Waals surface area (Å²) in [6, 6.07) is 15.2. The lowest BCUT2D eigenvalue weighted by Gasteiger charge is -2.15. The normalized spacial score (nSPS) is 13.2. The second-order valence-electron chi connectivity index (χ2n) is 12.4. The summed E-state index contributed by atoms with van der Waals surface area (Å²) in [5.74, 6) is 0.851. The molecule has 258 valence electrons. The van der Waals surface area contributed by atoms with Crippen LogP contribution in [0.5, 0.6) is 23.0 Å². The fraction of sp³-hybridized carbons (Fsp3) is 0.385. The highest BCUT2D eigenvalue weighted by Gasteiger charge is 2.54. The van der Waals surface area contributed by atoms with Crippen LogP contribution in [-0.2, 0) is 27.2 Å². The van der Waals surface area contributed by atoms with Crippen molar-refractivity contribution in [3.8, 4) is 23.0 Å². The van der Waals surface area contributed by atoms with E-state index in [0.717, 1.165) is 44.3 Å². The van der Waals surface area contributed by atoms with Crippen LogP contribution < -0.4 is 14.2 Å². The van der Waals surface area contributed by atoms with Gasteiger partial charge in [0.1, 0.15) is 11.6 Å². The number of nitrogens with zero attached hydrogens (tertiary/aromatic N) is 1. The van der Waals surface area contributed by atoms with Crippen molar-refractivity contribution < 1.29 is 37.4 Å². The first kappa shape index (κ1) is 36.0. The first-order valence-corrected chi connectivity index (χ1v) is 17.7. The molecule has 0 spiro atoms. The Morgan fingerprint density at radius 1 is 0.776 bits per heavy atom. The molecule has 0 amide bonds. The Kier molecular flexibility index (Phi) is 12.4. The lowest BCUT2D eigenvalue weighted by Crippen LogP contribution is -2.28. The third-order valence-corrected chi connectivity index (χ3v) is 9.66. The number of halogens is 2. The molecule has 0 aliphatic heterocycles. The molecule has 1 saturated carbocycles. The van der Waals surface area contributed by atoms with E-state index in [0.29, 0.717) is 58.7 Å². The summed E-state index contributed by atoms with van der Waals surface area (Å²) in [5.41, 5.74) is 0.635. The van der Waals surface area contributed by atoms with E-state index in [-0.39, 0.29) is 41.1 Å². The van der Waals surface area contributed by atoms with Gasteiger partial charge in [-0.3, -0.25) is 19.4 Å². The molecule has 1 fully saturated rings. The Morgan fingerprint density at radius 2 is 1.45 bits per heavy atom. The second-order valence-corrected chi connectivity index (χ2v) is 13.7. The Balaban J connectivity index is 1.16. The van der Waals surface area contributed by atoms with Crippen molar-refractivity contribution in [2.75, 3.05) is 19.5 Å². The summed E-state index contributed by atoms with van der Waals surface area (Å²) in [6.07, 6.45) is 8.83. The van der Waals surface area contributed by atoms with Crippen LogP contribution in [0.2, 0.25) is 0 Å². The first-order chi connectivity index (χ1) is 23.7. The Hall–Kier alpha value is -4.31. The number of benzene rings is 3. The lowest BCUT2D eigenvalue weighted by molar-refractivity contribution is -0.133. The smallest absolute Gasteiger partial charge is 0.185 e. The number of hydrogen-bond acceptors (Lipinski definition) is 8. The molecule has 1 aromatic heterocycles. The number of aromatic nitrogens is 1. The van der Waals surface area contributed by atoms with Crippen LogP contribution in [0.1, 0.15) is 69.4 Å². The number of rotatable bonds is 19. The Bertz CT molecular complexity index is 1790. The van der Waals surface area contributed by atoms with E-state index in [1.165, 1.54) is 36.0 Å². The number of ether oxygens (including phenoxy) is 3. The topological polar surface area (TPSA) is 91.8 Å². The molecule has 0 radical (unpaired) electrons. The number of carbonyl (C=O) groups excluding carboxylic acids is 3. The van der Waals surface area contributed by atoms with Gasteiger partial charge in [-0.15, -0.1) is 0 Å². The van der Waals surface area contributed by atoms with Gasteiger partial charge in [0.25, 0.3) is 0 Å². The highest BCUT2D eigenvalue weighted by Crippen LogP contribution is 2.49. The van der Waals surface area contributed by atoms with Crippen LogP contribution in [0.15, 0.2) is 66.9 Å². The molecule has 5 rings (SSSR count). The fourth-order valence-corrected chi connectivity index (χ4v) is 6.44. The van der Waals surface area contributed by atoms with Gasteiger partial charge in [-0.1, -0.05) is 55.6 Å². The largest absolute Gasteiger partial charge is 0.493 e. The van der Waals surface area contributed by atoms with Crippen molar-refractivity contribution in [1.82, 2.24) is 4.98 Å². The van der Waals surface area contributed by atoms with E-state index in [1.807, 2.05) is 0 Å². The number of ketones is 2. The third kappa shape index (κ3) is 9.65. The van der Waals surface area contributed by atoms with Gasteiger partial charge in [0.15, 0.2) is 39.7 Å². The molecule has 0 atom stereocenters. The van der Waals surface area contributed by atoms with E-state index in [9.17, 15) is 18.8 Å². The third-order valence-electron chi connectivity index (χ3n) is 8.76. The zero-order valence-electron chi connectivity index (χ0n) is 27.9. The molecule has 49 heavy (non-hydrogen) atoms. The van der Waals surface area contributed by atoms with E-state index in [2.05, 4.69) is 4.98 Å². The maximum absolute atomic E-state index is 15.3. The monoisotopic (exact) mass is 689 g/mol. The molecule has 0 bridgehead atoms. The molecule has 1 aliphatic carbocycles. The second kappa shape index (κ2) is 16.9. The van der Waals surface area contributed by atoms with Gasteiger partial charge < -0.3 is 14.2 Å². The molecule has 0 N–H and O–H groups in total. The average molecular weight is 690 g/mol. The van der Waals surface area contributed by atoms with Crippen LogP contribution in [0, 0.1) is 17.0 Å². The van der Waals surface area contributed by atoms with Crippen LogP contribution in [-0.4, -0.2) is 41.1 Å². The van der Waals surface area contributed by atoms with Crippen molar-refractivity contribution in [3.05, 3.63) is 89.6 Å². The summed E-state index contributed by atoms with van der Waals surface area (Å²) in [6.45, 7) is 2.13. The molecule has 3 aromatic carbocycles. The number of carbonyl (C=O) groups is 3. The van der Waals surface area contributed by atoms with Gasteiger partial charge in [0.05, 0.1) is 24.6 Å². The highest BCUT2D eigenvalue weighted by atomic mass is 32.2. The zero-order chi connectivity index (χ0) is 34.8. The van der Waals surface area contributed by atoms with E-state index in [1.54, 1.807) is 56.6 Å². The lowest BCUT2D eigenvalue weighted by atomic mass is 9.88. The number of Topliss-reactive ketones (excluding diaryl/α,β-unsaturated/α-hetero) is 2. The van der Waals surface area contributed by atoms with Crippen LogP contribution >= 0.6 is 11.8 Å². The predicted octanol–water partition coefficient (Wildman–Crippen LogP) is 9.02. The maximum Gasteiger partial charge on any atom is 0.185 e.